The molecule has 0 aliphatic heterocycles. The minimum atomic E-state index is 0.839. The highest BCUT2D eigenvalue weighted by atomic mass is 16.5. The summed E-state index contributed by atoms with van der Waals surface area (Å²) >= 11 is 0. The van der Waals surface area contributed by atoms with Crippen molar-refractivity contribution < 1.29 is 4.74 Å². The van der Waals surface area contributed by atoms with Crippen molar-refractivity contribution in [2.45, 2.75) is 46.1 Å². The lowest BCUT2D eigenvalue weighted by Gasteiger charge is -2.09. The van der Waals surface area contributed by atoms with Crippen LogP contribution in [0.15, 0.2) is 12.4 Å². The maximum atomic E-state index is 5.54. The van der Waals surface area contributed by atoms with Gasteiger partial charge in [0.2, 0.25) is 5.95 Å². The Morgan fingerprint density at radius 1 is 1.24 bits per heavy atom. The van der Waals surface area contributed by atoms with E-state index in [9.17, 15) is 0 Å². The van der Waals surface area contributed by atoms with Gasteiger partial charge >= 0.3 is 0 Å². The molecule has 0 bridgehead atoms. The van der Waals surface area contributed by atoms with Crippen LogP contribution in [0.4, 0.5) is 5.95 Å². The van der Waals surface area contributed by atoms with E-state index in [4.69, 9.17) is 4.74 Å². The van der Waals surface area contributed by atoms with Crippen LogP contribution in [-0.2, 0) is 11.3 Å². The first-order valence-corrected chi connectivity index (χ1v) is 6.71. The molecule has 0 aromatic carbocycles. The van der Waals surface area contributed by atoms with Crippen molar-refractivity contribution in [1.82, 2.24) is 9.55 Å². The van der Waals surface area contributed by atoms with E-state index < -0.39 is 0 Å². The molecule has 1 rings (SSSR count). The summed E-state index contributed by atoms with van der Waals surface area (Å²) in [6, 6.07) is 0. The standard InChI is InChI=1S/C13H25N3O/c1-3-5-11-17-12-6-9-16-10-8-15-13(16)14-7-4-2/h8,10H,3-7,9,11-12H2,1-2H3,(H,14,15). The molecular weight excluding hydrogens is 214 g/mol. The molecule has 4 heteroatoms. The van der Waals surface area contributed by atoms with E-state index in [1.807, 2.05) is 12.4 Å². The summed E-state index contributed by atoms with van der Waals surface area (Å²) < 4.78 is 7.69. The van der Waals surface area contributed by atoms with Gasteiger partial charge in [-0.05, 0) is 19.3 Å². The Bertz CT molecular complexity index is 286. The van der Waals surface area contributed by atoms with Crippen LogP contribution in [0.25, 0.3) is 0 Å². The zero-order chi connectivity index (χ0) is 12.3. The maximum absolute atomic E-state index is 5.54. The van der Waals surface area contributed by atoms with Crippen molar-refractivity contribution in [3.63, 3.8) is 0 Å². The number of nitrogens with one attached hydrogen (secondary N) is 1. The summed E-state index contributed by atoms with van der Waals surface area (Å²) in [5.74, 6) is 0.973. The highest BCUT2D eigenvalue weighted by Gasteiger charge is 2.00. The number of unbranched alkanes of at least 4 members (excludes halogenated alkanes) is 1. The first kappa shape index (κ1) is 14.0. The van der Waals surface area contributed by atoms with E-state index in [0.717, 1.165) is 51.5 Å². The smallest absolute Gasteiger partial charge is 0.202 e. The molecule has 1 aromatic heterocycles. The predicted octanol–water partition coefficient (Wildman–Crippen LogP) is 2.91. The van der Waals surface area contributed by atoms with E-state index in [2.05, 4.69) is 28.7 Å². The number of hydrogen-bond donors (Lipinski definition) is 1. The Morgan fingerprint density at radius 3 is 2.82 bits per heavy atom. The van der Waals surface area contributed by atoms with Crippen molar-refractivity contribution in [3.05, 3.63) is 12.4 Å². The molecule has 17 heavy (non-hydrogen) atoms. The third-order valence-corrected chi connectivity index (χ3v) is 2.58. The largest absolute Gasteiger partial charge is 0.381 e. The number of aryl methyl sites for hydroxylation is 1. The van der Waals surface area contributed by atoms with Crippen LogP contribution in [0.2, 0.25) is 0 Å². The van der Waals surface area contributed by atoms with Crippen LogP contribution in [-0.4, -0.2) is 29.3 Å². The topological polar surface area (TPSA) is 39.1 Å². The molecule has 1 N–H and O–H groups in total. The Kier molecular flexibility index (Phi) is 7.47. The number of imidazole rings is 1. The summed E-state index contributed by atoms with van der Waals surface area (Å²) in [5.41, 5.74) is 0. The Hall–Kier alpha value is -1.03. The highest BCUT2D eigenvalue weighted by molar-refractivity contribution is 5.25. The second-order valence-electron chi connectivity index (χ2n) is 4.19. The van der Waals surface area contributed by atoms with Crippen molar-refractivity contribution in [3.8, 4) is 0 Å². The molecule has 98 valence electrons. The lowest BCUT2D eigenvalue weighted by Crippen LogP contribution is -2.09. The number of ether oxygens (including phenoxy) is 1. The number of rotatable bonds is 10. The molecule has 0 radical (unpaired) electrons. The van der Waals surface area contributed by atoms with E-state index in [1.165, 1.54) is 6.42 Å². The fourth-order valence-electron chi connectivity index (χ4n) is 1.58. The first-order chi connectivity index (χ1) is 8.38. The van der Waals surface area contributed by atoms with Gasteiger partial charge in [0.05, 0.1) is 0 Å². The molecule has 0 amide bonds. The molecule has 0 spiro atoms. The second kappa shape index (κ2) is 9.05. The van der Waals surface area contributed by atoms with Crippen LogP contribution in [0, 0.1) is 0 Å². The number of hydrogen-bond acceptors (Lipinski definition) is 3. The van der Waals surface area contributed by atoms with Crippen LogP contribution in [0.3, 0.4) is 0 Å². The highest BCUT2D eigenvalue weighted by Crippen LogP contribution is 2.05. The third-order valence-electron chi connectivity index (χ3n) is 2.58. The van der Waals surface area contributed by atoms with E-state index in [1.54, 1.807) is 0 Å². The van der Waals surface area contributed by atoms with Gasteiger partial charge in [0.15, 0.2) is 0 Å². The molecule has 0 unspecified atom stereocenters. The summed E-state index contributed by atoms with van der Waals surface area (Å²) in [6.45, 7) is 8.01. The summed E-state index contributed by atoms with van der Waals surface area (Å²) in [4.78, 5) is 4.29. The van der Waals surface area contributed by atoms with Gasteiger partial charge in [-0.3, -0.25) is 0 Å². The van der Waals surface area contributed by atoms with Crippen LogP contribution < -0.4 is 5.32 Å². The second-order valence-corrected chi connectivity index (χ2v) is 4.19. The van der Waals surface area contributed by atoms with Crippen molar-refractivity contribution >= 4 is 5.95 Å². The quantitative estimate of drug-likeness (QED) is 0.638. The lowest BCUT2D eigenvalue weighted by atomic mass is 10.4. The van der Waals surface area contributed by atoms with Gasteiger partial charge in [-0.25, -0.2) is 4.98 Å². The number of anilines is 1. The Balaban J connectivity index is 2.15. The Labute approximate surface area is 104 Å². The molecule has 4 nitrogen and oxygen atoms in total. The molecule has 0 fully saturated rings. The fourth-order valence-corrected chi connectivity index (χ4v) is 1.58. The van der Waals surface area contributed by atoms with E-state index >= 15 is 0 Å². The molecule has 0 atom stereocenters. The summed E-state index contributed by atoms with van der Waals surface area (Å²) in [7, 11) is 0. The molecule has 0 saturated heterocycles. The molecule has 0 aliphatic carbocycles. The van der Waals surface area contributed by atoms with Crippen LogP contribution >= 0.6 is 0 Å². The average molecular weight is 239 g/mol. The summed E-state index contributed by atoms with van der Waals surface area (Å²) in [5, 5.41) is 3.32. The zero-order valence-corrected chi connectivity index (χ0v) is 11.1. The van der Waals surface area contributed by atoms with Crippen molar-refractivity contribution in [1.29, 1.82) is 0 Å². The van der Waals surface area contributed by atoms with Gasteiger partial charge < -0.3 is 14.6 Å². The predicted molar refractivity (Wildman–Crippen MR) is 71.4 cm³/mol. The fraction of sp³-hybridized carbons (Fsp3) is 0.769. The molecule has 0 aliphatic rings. The van der Waals surface area contributed by atoms with Gasteiger partial charge in [0.1, 0.15) is 0 Å². The van der Waals surface area contributed by atoms with E-state index in [-0.39, 0.29) is 0 Å². The summed E-state index contributed by atoms with van der Waals surface area (Å²) in [6.07, 6.45) is 8.38. The lowest BCUT2D eigenvalue weighted by molar-refractivity contribution is 0.126. The molecule has 1 heterocycles. The van der Waals surface area contributed by atoms with Gasteiger partial charge in [-0.1, -0.05) is 20.3 Å². The number of nitrogens with zero attached hydrogens (tertiary/aromatic N) is 2. The molecule has 0 saturated carbocycles. The average Bonchev–Trinajstić information content (AvgIpc) is 2.78. The van der Waals surface area contributed by atoms with Crippen molar-refractivity contribution in [2.24, 2.45) is 0 Å². The first-order valence-electron chi connectivity index (χ1n) is 6.71. The maximum Gasteiger partial charge on any atom is 0.202 e. The van der Waals surface area contributed by atoms with E-state index in [0.29, 0.717) is 0 Å². The SMILES string of the molecule is CCCCOCCCn1ccnc1NCCC. The van der Waals surface area contributed by atoms with Crippen LogP contribution in [0.1, 0.15) is 39.5 Å². The monoisotopic (exact) mass is 239 g/mol. The van der Waals surface area contributed by atoms with Gasteiger partial charge in [0, 0.05) is 38.7 Å². The van der Waals surface area contributed by atoms with Gasteiger partial charge in [0.25, 0.3) is 0 Å². The minimum Gasteiger partial charge on any atom is -0.381 e. The normalized spacial score (nSPS) is 10.7. The van der Waals surface area contributed by atoms with Gasteiger partial charge in [-0.2, -0.15) is 0 Å². The van der Waals surface area contributed by atoms with Crippen molar-refractivity contribution in [2.75, 3.05) is 25.1 Å². The molecular formula is C13H25N3O. The molecule has 1 aromatic rings. The third kappa shape index (κ3) is 5.73. The van der Waals surface area contributed by atoms with Gasteiger partial charge in [-0.15, -0.1) is 0 Å². The van der Waals surface area contributed by atoms with Crippen LogP contribution in [0.5, 0.6) is 0 Å². The Morgan fingerprint density at radius 2 is 2.06 bits per heavy atom. The minimum absolute atomic E-state index is 0.839. The number of aromatic nitrogens is 2. The zero-order valence-electron chi connectivity index (χ0n) is 11.1.